The van der Waals surface area contributed by atoms with Crippen molar-refractivity contribution in [3.63, 3.8) is 0 Å². The zero-order chi connectivity index (χ0) is 26.7. The molecule has 0 aromatic carbocycles. The van der Waals surface area contributed by atoms with Crippen LogP contribution in [0.1, 0.15) is 168 Å². The van der Waals surface area contributed by atoms with Crippen LogP contribution in [0, 0.1) is 0 Å². The van der Waals surface area contributed by atoms with Gasteiger partial charge in [-0.15, -0.1) is 0 Å². The summed E-state index contributed by atoms with van der Waals surface area (Å²) in [6.45, 7) is 7.15. The van der Waals surface area contributed by atoms with Gasteiger partial charge in [-0.05, 0) is 45.6 Å². The molecule has 0 aromatic heterocycles. The third-order valence-electron chi connectivity index (χ3n) is 7.07. The highest BCUT2D eigenvalue weighted by Gasteiger charge is 2.19. The zero-order valence-corrected chi connectivity index (χ0v) is 24.4. The Bertz CT molecular complexity index is 498. The molecule has 5 heteroatoms. The van der Waals surface area contributed by atoms with Crippen LogP contribution in [0.5, 0.6) is 0 Å². The number of nitrogens with one attached hydrogen (secondary N) is 1. The van der Waals surface area contributed by atoms with Crippen molar-refractivity contribution in [1.29, 1.82) is 0 Å². The van der Waals surface area contributed by atoms with Crippen molar-refractivity contribution in [3.05, 3.63) is 0 Å². The summed E-state index contributed by atoms with van der Waals surface area (Å²) in [5.74, 6) is -0.154. The van der Waals surface area contributed by atoms with Gasteiger partial charge in [0.1, 0.15) is 6.10 Å². The van der Waals surface area contributed by atoms with Crippen LogP contribution in [0.4, 0.5) is 0 Å². The molecule has 0 fully saturated rings. The molecule has 1 amide bonds. The number of unbranched alkanes of at least 4 members (excludes halogenated alkanes) is 16. The number of ether oxygens (including phenoxy) is 1. The molecule has 0 radical (unpaired) electrons. The summed E-state index contributed by atoms with van der Waals surface area (Å²) in [6.07, 6.45) is 25.4. The van der Waals surface area contributed by atoms with E-state index in [2.05, 4.69) is 19.2 Å². The van der Waals surface area contributed by atoms with E-state index in [-0.39, 0.29) is 30.4 Å². The third-order valence-corrected chi connectivity index (χ3v) is 7.07. The van der Waals surface area contributed by atoms with Gasteiger partial charge in [-0.2, -0.15) is 0 Å². The molecule has 36 heavy (non-hydrogen) atoms. The van der Waals surface area contributed by atoms with Crippen LogP contribution in [0.2, 0.25) is 0 Å². The van der Waals surface area contributed by atoms with Gasteiger partial charge in [-0.3, -0.25) is 9.59 Å². The molecule has 2 atom stereocenters. The smallest absolute Gasteiger partial charge is 0.306 e. The van der Waals surface area contributed by atoms with Crippen LogP contribution in [0.3, 0.4) is 0 Å². The average molecular weight is 511 g/mol. The van der Waals surface area contributed by atoms with Crippen molar-refractivity contribution in [2.24, 2.45) is 5.73 Å². The molecule has 0 aromatic rings. The number of carbonyl (C=O) groups excluding carboxylic acids is 2. The highest BCUT2D eigenvalue weighted by Crippen LogP contribution is 2.16. The largest absolute Gasteiger partial charge is 0.462 e. The maximum Gasteiger partial charge on any atom is 0.306 e. The van der Waals surface area contributed by atoms with Crippen LogP contribution in [-0.4, -0.2) is 30.6 Å². The Kier molecular flexibility index (Phi) is 26.1. The van der Waals surface area contributed by atoms with E-state index >= 15 is 0 Å². The van der Waals surface area contributed by atoms with E-state index in [9.17, 15) is 9.59 Å². The first kappa shape index (κ1) is 34.9. The summed E-state index contributed by atoms with van der Waals surface area (Å²) >= 11 is 0. The second kappa shape index (κ2) is 26.9. The minimum atomic E-state index is -0.303. The van der Waals surface area contributed by atoms with Crippen LogP contribution in [0.25, 0.3) is 0 Å². The van der Waals surface area contributed by atoms with Crippen LogP contribution in [0.15, 0.2) is 0 Å². The Morgan fingerprint density at radius 2 is 1.14 bits per heavy atom. The SMILES string of the molecule is CCCCCCCCCCCC(=O)O[C@H](CCCCCCCCCCC)CC(=O)N[C@H](C)CCCN. The van der Waals surface area contributed by atoms with E-state index in [1.165, 1.54) is 89.9 Å². The molecule has 0 rings (SSSR count). The molecule has 0 spiro atoms. The van der Waals surface area contributed by atoms with Gasteiger partial charge in [-0.25, -0.2) is 0 Å². The number of amides is 1. The number of hydrogen-bond acceptors (Lipinski definition) is 4. The van der Waals surface area contributed by atoms with Crippen molar-refractivity contribution in [2.45, 2.75) is 181 Å². The topological polar surface area (TPSA) is 81.4 Å². The molecule has 0 heterocycles. The molecular weight excluding hydrogens is 448 g/mol. The van der Waals surface area contributed by atoms with E-state index in [4.69, 9.17) is 10.5 Å². The fourth-order valence-corrected chi connectivity index (χ4v) is 4.75. The van der Waals surface area contributed by atoms with Crippen LogP contribution < -0.4 is 11.1 Å². The number of carbonyl (C=O) groups is 2. The number of esters is 1. The average Bonchev–Trinajstić information content (AvgIpc) is 2.85. The third kappa shape index (κ3) is 24.6. The van der Waals surface area contributed by atoms with Gasteiger partial charge in [0.15, 0.2) is 0 Å². The lowest BCUT2D eigenvalue weighted by Gasteiger charge is -2.20. The van der Waals surface area contributed by atoms with Gasteiger partial charge < -0.3 is 15.8 Å². The number of hydrogen-bond donors (Lipinski definition) is 2. The quantitative estimate of drug-likeness (QED) is 0.0859. The Labute approximate surface area is 224 Å². The summed E-state index contributed by atoms with van der Waals surface area (Å²) in [5, 5.41) is 3.05. The van der Waals surface area contributed by atoms with E-state index < -0.39 is 0 Å². The minimum absolute atomic E-state index is 0.0173. The van der Waals surface area contributed by atoms with Crippen molar-refractivity contribution in [2.75, 3.05) is 6.54 Å². The molecule has 0 aliphatic heterocycles. The van der Waals surface area contributed by atoms with E-state index in [1.807, 2.05) is 6.92 Å². The molecule has 5 nitrogen and oxygen atoms in total. The van der Waals surface area contributed by atoms with Crippen LogP contribution >= 0.6 is 0 Å². The van der Waals surface area contributed by atoms with E-state index in [0.29, 0.717) is 13.0 Å². The minimum Gasteiger partial charge on any atom is -0.462 e. The van der Waals surface area contributed by atoms with Gasteiger partial charge in [0.25, 0.3) is 0 Å². The van der Waals surface area contributed by atoms with Gasteiger partial charge in [0, 0.05) is 12.5 Å². The highest BCUT2D eigenvalue weighted by atomic mass is 16.5. The molecule has 0 aliphatic rings. The summed E-state index contributed by atoms with van der Waals surface area (Å²) in [6, 6.07) is 0.104. The Hall–Kier alpha value is -1.10. The van der Waals surface area contributed by atoms with Crippen molar-refractivity contribution < 1.29 is 14.3 Å². The first-order valence-electron chi connectivity index (χ1n) is 15.7. The monoisotopic (exact) mass is 510 g/mol. The van der Waals surface area contributed by atoms with Crippen molar-refractivity contribution in [1.82, 2.24) is 5.32 Å². The fraction of sp³-hybridized carbons (Fsp3) is 0.935. The van der Waals surface area contributed by atoms with Gasteiger partial charge in [-0.1, -0.05) is 117 Å². The Morgan fingerprint density at radius 3 is 1.64 bits per heavy atom. The predicted octanol–water partition coefficient (Wildman–Crippen LogP) is 8.37. The van der Waals surface area contributed by atoms with Gasteiger partial charge >= 0.3 is 5.97 Å². The summed E-state index contributed by atoms with van der Waals surface area (Å²) < 4.78 is 5.81. The molecule has 0 unspecified atom stereocenters. The molecule has 0 saturated carbocycles. The second-order valence-electron chi connectivity index (χ2n) is 10.9. The second-order valence-corrected chi connectivity index (χ2v) is 10.9. The molecule has 0 saturated heterocycles. The summed E-state index contributed by atoms with van der Waals surface area (Å²) in [4.78, 5) is 25.1. The molecule has 0 aliphatic carbocycles. The maximum atomic E-state index is 12.6. The zero-order valence-electron chi connectivity index (χ0n) is 24.4. The summed E-state index contributed by atoms with van der Waals surface area (Å²) in [7, 11) is 0. The fourth-order valence-electron chi connectivity index (χ4n) is 4.75. The lowest BCUT2D eigenvalue weighted by Crippen LogP contribution is -2.36. The predicted molar refractivity (Wildman–Crippen MR) is 154 cm³/mol. The maximum absolute atomic E-state index is 12.6. The normalized spacial score (nSPS) is 12.9. The molecule has 0 bridgehead atoms. The van der Waals surface area contributed by atoms with Gasteiger partial charge in [0.2, 0.25) is 5.91 Å². The Balaban J connectivity index is 4.26. The number of nitrogens with two attached hydrogens (primary N) is 1. The van der Waals surface area contributed by atoms with E-state index in [0.717, 1.165) is 44.9 Å². The van der Waals surface area contributed by atoms with Gasteiger partial charge in [0.05, 0.1) is 6.42 Å². The Morgan fingerprint density at radius 1 is 0.667 bits per heavy atom. The summed E-state index contributed by atoms with van der Waals surface area (Å²) in [5.41, 5.74) is 5.58. The van der Waals surface area contributed by atoms with Crippen molar-refractivity contribution >= 4 is 11.9 Å². The van der Waals surface area contributed by atoms with E-state index in [1.54, 1.807) is 0 Å². The standard InChI is InChI=1S/C31H62N2O3/c1-4-6-8-10-12-14-16-18-20-24-29(27-30(34)33-28(3)23-22-26-32)36-31(35)25-21-19-17-15-13-11-9-7-5-2/h28-29H,4-27,32H2,1-3H3,(H,33,34)/t28-,29-/m1/s1. The molecular formula is C31H62N2O3. The number of rotatable bonds is 27. The first-order valence-corrected chi connectivity index (χ1v) is 15.7. The lowest BCUT2D eigenvalue weighted by atomic mass is 10.0. The lowest BCUT2D eigenvalue weighted by molar-refractivity contribution is -0.151. The molecule has 214 valence electrons. The van der Waals surface area contributed by atoms with Crippen LogP contribution in [-0.2, 0) is 14.3 Å². The highest BCUT2D eigenvalue weighted by molar-refractivity contribution is 5.77. The first-order chi connectivity index (χ1) is 17.5. The van der Waals surface area contributed by atoms with Crippen molar-refractivity contribution in [3.8, 4) is 0 Å². The molecule has 3 N–H and O–H groups in total.